The lowest BCUT2D eigenvalue weighted by Gasteiger charge is -2.11. The van der Waals surface area contributed by atoms with Gasteiger partial charge in [-0.1, -0.05) is 12.1 Å². The Labute approximate surface area is 162 Å². The number of amides is 1. The molecule has 0 atom stereocenters. The molecule has 2 N–H and O–H groups in total. The first-order valence-electron chi connectivity index (χ1n) is 8.66. The number of aromatic nitrogens is 1. The van der Waals surface area contributed by atoms with Crippen molar-refractivity contribution in [2.75, 3.05) is 10.6 Å². The number of nitriles is 1. The molecule has 1 amide bonds. The van der Waals surface area contributed by atoms with E-state index >= 15 is 0 Å². The van der Waals surface area contributed by atoms with Crippen LogP contribution in [0, 0.1) is 11.3 Å². The standard InChI is InChI=1S/C22H18N4O2/c1-15(27)18-5-6-19(13-23)21(12-18)25-14-16-3-2-4-20(11-16)26-22(28)17-7-9-24-10-8-17/h2-12,25H,14H2,1H3,(H,26,28). The molecule has 0 bridgehead atoms. The van der Waals surface area contributed by atoms with Crippen molar-refractivity contribution >= 4 is 23.1 Å². The zero-order chi connectivity index (χ0) is 19.9. The molecule has 0 spiro atoms. The van der Waals surface area contributed by atoms with Crippen LogP contribution in [0.4, 0.5) is 11.4 Å². The lowest BCUT2D eigenvalue weighted by Crippen LogP contribution is -2.12. The average molecular weight is 370 g/mol. The number of benzene rings is 2. The second-order valence-electron chi connectivity index (χ2n) is 6.17. The average Bonchev–Trinajstić information content (AvgIpc) is 2.73. The lowest BCUT2D eigenvalue weighted by atomic mass is 10.1. The van der Waals surface area contributed by atoms with Gasteiger partial charge in [-0.25, -0.2) is 0 Å². The van der Waals surface area contributed by atoms with Crippen molar-refractivity contribution in [1.82, 2.24) is 4.98 Å². The molecule has 3 rings (SSSR count). The number of rotatable bonds is 6. The Morgan fingerprint density at radius 2 is 1.82 bits per heavy atom. The summed E-state index contributed by atoms with van der Waals surface area (Å²) in [6, 6.07) is 17.8. The topological polar surface area (TPSA) is 94.9 Å². The lowest BCUT2D eigenvalue weighted by molar-refractivity contribution is 0.101. The van der Waals surface area contributed by atoms with Gasteiger partial charge in [0.25, 0.3) is 5.91 Å². The first-order chi connectivity index (χ1) is 13.6. The second-order valence-corrected chi connectivity index (χ2v) is 6.17. The summed E-state index contributed by atoms with van der Waals surface area (Å²) in [5, 5.41) is 15.3. The number of nitrogens with one attached hydrogen (secondary N) is 2. The number of carbonyl (C=O) groups excluding carboxylic acids is 2. The first kappa shape index (κ1) is 18.8. The summed E-state index contributed by atoms with van der Waals surface area (Å²) >= 11 is 0. The van der Waals surface area contributed by atoms with Gasteiger partial charge in [-0.15, -0.1) is 0 Å². The molecule has 2 aromatic carbocycles. The van der Waals surface area contributed by atoms with Crippen LogP contribution in [0.15, 0.2) is 67.0 Å². The third-order valence-electron chi connectivity index (χ3n) is 4.16. The van der Waals surface area contributed by atoms with Crippen LogP contribution in [0.1, 0.15) is 38.8 Å². The van der Waals surface area contributed by atoms with E-state index in [-0.39, 0.29) is 11.7 Å². The molecule has 0 fully saturated rings. The van der Waals surface area contributed by atoms with Gasteiger partial charge in [0.05, 0.1) is 11.3 Å². The maximum Gasteiger partial charge on any atom is 0.255 e. The van der Waals surface area contributed by atoms with Crippen molar-refractivity contribution < 1.29 is 9.59 Å². The summed E-state index contributed by atoms with van der Waals surface area (Å²) in [6.45, 7) is 1.93. The van der Waals surface area contributed by atoms with E-state index in [1.54, 1.807) is 48.8 Å². The van der Waals surface area contributed by atoms with Crippen LogP contribution >= 0.6 is 0 Å². The number of anilines is 2. The molecule has 0 saturated carbocycles. The van der Waals surface area contributed by atoms with Crippen LogP contribution in [0.3, 0.4) is 0 Å². The van der Waals surface area contributed by atoms with Gasteiger partial charge < -0.3 is 10.6 Å². The van der Waals surface area contributed by atoms with Crippen molar-refractivity contribution in [1.29, 1.82) is 5.26 Å². The molecule has 3 aromatic rings. The number of carbonyl (C=O) groups is 2. The minimum atomic E-state index is -0.214. The molecule has 1 aromatic heterocycles. The van der Waals surface area contributed by atoms with Gasteiger partial charge in [-0.05, 0) is 55.0 Å². The van der Waals surface area contributed by atoms with Gasteiger partial charge in [0.15, 0.2) is 5.78 Å². The Hall–Kier alpha value is -3.98. The number of Topliss-reactive ketones (excluding diaryl/α,β-unsaturated/α-hetero) is 1. The number of hydrogen-bond donors (Lipinski definition) is 2. The molecule has 0 saturated heterocycles. The van der Waals surface area contributed by atoms with E-state index in [0.717, 1.165) is 5.56 Å². The Balaban J connectivity index is 1.72. The predicted molar refractivity (Wildman–Crippen MR) is 107 cm³/mol. The van der Waals surface area contributed by atoms with Gasteiger partial charge in [-0.2, -0.15) is 5.26 Å². The maximum atomic E-state index is 12.3. The third kappa shape index (κ3) is 4.59. The number of ketones is 1. The first-order valence-corrected chi connectivity index (χ1v) is 8.66. The van der Waals surface area contributed by atoms with Crippen molar-refractivity contribution in [3.63, 3.8) is 0 Å². The van der Waals surface area contributed by atoms with E-state index < -0.39 is 0 Å². The monoisotopic (exact) mass is 370 g/mol. The minimum Gasteiger partial charge on any atom is -0.380 e. The van der Waals surface area contributed by atoms with Crippen molar-refractivity contribution in [2.24, 2.45) is 0 Å². The molecule has 0 unspecified atom stereocenters. The molecule has 0 radical (unpaired) electrons. The molecule has 28 heavy (non-hydrogen) atoms. The summed E-state index contributed by atoms with van der Waals surface area (Å²) in [7, 11) is 0. The van der Waals surface area contributed by atoms with E-state index in [1.165, 1.54) is 6.92 Å². The summed E-state index contributed by atoms with van der Waals surface area (Å²) < 4.78 is 0. The molecule has 1 heterocycles. The van der Waals surface area contributed by atoms with Gasteiger partial charge in [0, 0.05) is 35.8 Å². The highest BCUT2D eigenvalue weighted by Gasteiger charge is 2.08. The normalized spacial score (nSPS) is 10.0. The molecule has 6 nitrogen and oxygen atoms in total. The smallest absolute Gasteiger partial charge is 0.255 e. The highest BCUT2D eigenvalue weighted by atomic mass is 16.1. The Morgan fingerprint density at radius 3 is 2.54 bits per heavy atom. The zero-order valence-corrected chi connectivity index (χ0v) is 15.3. The molecule has 0 aliphatic carbocycles. The van der Waals surface area contributed by atoms with Crippen LogP contribution in [-0.2, 0) is 6.54 Å². The summed E-state index contributed by atoms with van der Waals surface area (Å²) in [5.74, 6) is -0.276. The van der Waals surface area contributed by atoms with E-state index in [0.29, 0.717) is 34.6 Å². The van der Waals surface area contributed by atoms with Crippen LogP contribution in [0.25, 0.3) is 0 Å². The molecule has 6 heteroatoms. The number of nitrogens with zero attached hydrogens (tertiary/aromatic N) is 2. The fourth-order valence-corrected chi connectivity index (χ4v) is 2.67. The Bertz CT molecular complexity index is 1060. The molecule has 0 aliphatic rings. The van der Waals surface area contributed by atoms with Crippen molar-refractivity contribution in [3.8, 4) is 6.07 Å². The largest absolute Gasteiger partial charge is 0.380 e. The molecular formula is C22H18N4O2. The number of hydrogen-bond acceptors (Lipinski definition) is 5. The van der Waals surface area contributed by atoms with E-state index in [2.05, 4.69) is 21.7 Å². The van der Waals surface area contributed by atoms with Crippen molar-refractivity contribution in [3.05, 3.63) is 89.2 Å². The predicted octanol–water partition coefficient (Wildman–Crippen LogP) is 4.02. The minimum absolute atomic E-state index is 0.0617. The molecule has 138 valence electrons. The fourth-order valence-electron chi connectivity index (χ4n) is 2.67. The quantitative estimate of drug-likeness (QED) is 0.639. The Kier molecular flexibility index (Phi) is 5.78. The summed E-state index contributed by atoms with van der Waals surface area (Å²) in [5.41, 5.74) is 3.72. The summed E-state index contributed by atoms with van der Waals surface area (Å²) in [6.07, 6.45) is 3.13. The van der Waals surface area contributed by atoms with E-state index in [1.807, 2.05) is 18.2 Å². The van der Waals surface area contributed by atoms with Crippen LogP contribution in [0.2, 0.25) is 0 Å². The highest BCUT2D eigenvalue weighted by Crippen LogP contribution is 2.20. The van der Waals surface area contributed by atoms with Gasteiger partial charge in [-0.3, -0.25) is 14.6 Å². The van der Waals surface area contributed by atoms with E-state index in [9.17, 15) is 14.9 Å². The maximum absolute atomic E-state index is 12.3. The number of pyridine rings is 1. The fraction of sp³-hybridized carbons (Fsp3) is 0.0909. The second kappa shape index (κ2) is 8.60. The molecular weight excluding hydrogens is 352 g/mol. The van der Waals surface area contributed by atoms with Crippen LogP contribution in [0.5, 0.6) is 0 Å². The van der Waals surface area contributed by atoms with Gasteiger partial charge in [0.2, 0.25) is 0 Å². The molecule has 0 aliphatic heterocycles. The van der Waals surface area contributed by atoms with Gasteiger partial charge >= 0.3 is 0 Å². The zero-order valence-electron chi connectivity index (χ0n) is 15.3. The van der Waals surface area contributed by atoms with Crippen molar-refractivity contribution in [2.45, 2.75) is 13.5 Å². The highest BCUT2D eigenvalue weighted by molar-refractivity contribution is 6.04. The van der Waals surface area contributed by atoms with E-state index in [4.69, 9.17) is 0 Å². The van der Waals surface area contributed by atoms with Crippen LogP contribution in [-0.4, -0.2) is 16.7 Å². The van der Waals surface area contributed by atoms with Crippen LogP contribution < -0.4 is 10.6 Å². The SMILES string of the molecule is CC(=O)c1ccc(C#N)c(NCc2cccc(NC(=O)c3ccncc3)c2)c1. The third-order valence-corrected chi connectivity index (χ3v) is 4.16. The summed E-state index contributed by atoms with van der Waals surface area (Å²) in [4.78, 5) is 27.7. The van der Waals surface area contributed by atoms with Gasteiger partial charge in [0.1, 0.15) is 6.07 Å². The Morgan fingerprint density at radius 1 is 1.04 bits per heavy atom.